The minimum absolute atomic E-state index is 0.171. The smallest absolute Gasteiger partial charge is 0.151 e. The third-order valence-corrected chi connectivity index (χ3v) is 3.76. The number of hydrogen-bond donors (Lipinski definition) is 0. The number of morpholine rings is 1. The van der Waals surface area contributed by atoms with Crippen molar-refractivity contribution >= 4 is 5.82 Å². The van der Waals surface area contributed by atoms with Crippen LogP contribution in [0.4, 0.5) is 5.82 Å². The average molecular weight is 299 g/mol. The first-order chi connectivity index (χ1) is 10.8. The van der Waals surface area contributed by atoms with Crippen LogP contribution in [-0.4, -0.2) is 59.5 Å². The molecule has 0 N–H and O–H groups in total. The Kier molecular flexibility index (Phi) is 4.92. The van der Waals surface area contributed by atoms with Crippen molar-refractivity contribution in [2.24, 2.45) is 0 Å². The van der Waals surface area contributed by atoms with Gasteiger partial charge in [0.25, 0.3) is 0 Å². The second kappa shape index (κ2) is 7.29. The van der Waals surface area contributed by atoms with Gasteiger partial charge in [0.15, 0.2) is 5.82 Å². The summed E-state index contributed by atoms with van der Waals surface area (Å²) in [6, 6.07) is 9.90. The van der Waals surface area contributed by atoms with E-state index in [0.29, 0.717) is 0 Å². The molecule has 0 aromatic carbocycles. The number of anilines is 1. The Hall–Kier alpha value is -2.05. The third kappa shape index (κ3) is 3.99. The highest BCUT2D eigenvalue weighted by molar-refractivity contribution is 5.35. The van der Waals surface area contributed by atoms with Gasteiger partial charge in [-0.2, -0.15) is 5.10 Å². The molecule has 0 saturated carbocycles. The molecule has 2 aromatic heterocycles. The van der Waals surface area contributed by atoms with E-state index in [-0.39, 0.29) is 6.10 Å². The fourth-order valence-corrected chi connectivity index (χ4v) is 2.65. The summed E-state index contributed by atoms with van der Waals surface area (Å²) in [5, 5.41) is 8.05. The number of rotatable bonds is 5. The van der Waals surface area contributed by atoms with Gasteiger partial charge in [0.2, 0.25) is 0 Å². The van der Waals surface area contributed by atoms with Crippen molar-refractivity contribution in [3.63, 3.8) is 0 Å². The van der Waals surface area contributed by atoms with Crippen molar-refractivity contribution in [1.29, 1.82) is 0 Å². The van der Waals surface area contributed by atoms with Gasteiger partial charge in [0.05, 0.1) is 18.4 Å². The third-order valence-electron chi connectivity index (χ3n) is 3.76. The number of aromatic nitrogens is 3. The van der Waals surface area contributed by atoms with E-state index in [2.05, 4.69) is 31.0 Å². The molecule has 0 bridgehead atoms. The van der Waals surface area contributed by atoms with Crippen molar-refractivity contribution in [2.45, 2.75) is 12.6 Å². The maximum absolute atomic E-state index is 5.89. The number of ether oxygens (including phenoxy) is 1. The predicted octanol–water partition coefficient (Wildman–Crippen LogP) is 1.21. The molecule has 6 heteroatoms. The SMILES string of the molecule is CN(C[C@@H]1CN(Cc2ccccn2)CCO1)c1cccnn1. The lowest BCUT2D eigenvalue weighted by Gasteiger charge is -2.34. The summed E-state index contributed by atoms with van der Waals surface area (Å²) < 4.78 is 5.89. The molecule has 1 aliphatic rings. The lowest BCUT2D eigenvalue weighted by Crippen LogP contribution is -2.46. The van der Waals surface area contributed by atoms with Crippen molar-refractivity contribution in [3.05, 3.63) is 48.4 Å². The molecular weight excluding hydrogens is 278 g/mol. The van der Waals surface area contributed by atoms with E-state index < -0.39 is 0 Å². The Morgan fingerprint density at radius 3 is 3.00 bits per heavy atom. The molecule has 0 radical (unpaired) electrons. The molecule has 0 spiro atoms. The fraction of sp³-hybridized carbons (Fsp3) is 0.438. The van der Waals surface area contributed by atoms with Crippen molar-refractivity contribution < 1.29 is 4.74 Å². The van der Waals surface area contributed by atoms with Crippen molar-refractivity contribution in [1.82, 2.24) is 20.1 Å². The summed E-state index contributed by atoms with van der Waals surface area (Å²) in [5.74, 6) is 0.868. The first-order valence-electron chi connectivity index (χ1n) is 7.54. The van der Waals surface area contributed by atoms with Gasteiger partial charge in [-0.3, -0.25) is 9.88 Å². The Morgan fingerprint density at radius 1 is 1.27 bits per heavy atom. The zero-order valence-electron chi connectivity index (χ0n) is 12.8. The minimum atomic E-state index is 0.171. The second-order valence-corrected chi connectivity index (χ2v) is 5.51. The number of nitrogens with zero attached hydrogens (tertiary/aromatic N) is 5. The zero-order chi connectivity index (χ0) is 15.2. The highest BCUT2D eigenvalue weighted by Crippen LogP contribution is 2.12. The maximum atomic E-state index is 5.89. The van der Waals surface area contributed by atoms with Crippen LogP contribution < -0.4 is 4.90 Å². The summed E-state index contributed by atoms with van der Waals surface area (Å²) in [6.45, 7) is 4.28. The molecule has 0 amide bonds. The lowest BCUT2D eigenvalue weighted by molar-refractivity contribution is -0.0268. The molecule has 2 aromatic rings. The van der Waals surface area contributed by atoms with E-state index in [1.807, 2.05) is 37.5 Å². The maximum Gasteiger partial charge on any atom is 0.151 e. The molecular formula is C16H21N5O. The van der Waals surface area contributed by atoms with Crippen molar-refractivity contribution in [2.75, 3.05) is 38.2 Å². The number of hydrogen-bond acceptors (Lipinski definition) is 6. The largest absolute Gasteiger partial charge is 0.374 e. The Balaban J connectivity index is 1.54. The summed E-state index contributed by atoms with van der Waals surface area (Å²) in [7, 11) is 2.02. The lowest BCUT2D eigenvalue weighted by atomic mass is 10.2. The summed E-state index contributed by atoms with van der Waals surface area (Å²) in [5.41, 5.74) is 1.10. The molecule has 1 fully saturated rings. The number of likely N-dealkylation sites (N-methyl/N-ethyl adjacent to an activating group) is 1. The van der Waals surface area contributed by atoms with Gasteiger partial charge in [-0.15, -0.1) is 5.10 Å². The van der Waals surface area contributed by atoms with E-state index in [9.17, 15) is 0 Å². The van der Waals surface area contributed by atoms with E-state index in [1.54, 1.807) is 6.20 Å². The first-order valence-corrected chi connectivity index (χ1v) is 7.54. The summed E-state index contributed by atoms with van der Waals surface area (Å²) >= 11 is 0. The second-order valence-electron chi connectivity index (χ2n) is 5.51. The van der Waals surface area contributed by atoms with Crippen LogP contribution in [0, 0.1) is 0 Å². The molecule has 3 heterocycles. The predicted molar refractivity (Wildman–Crippen MR) is 84.6 cm³/mol. The van der Waals surface area contributed by atoms with Crippen molar-refractivity contribution in [3.8, 4) is 0 Å². The van der Waals surface area contributed by atoms with Crippen LogP contribution >= 0.6 is 0 Å². The van der Waals surface area contributed by atoms with Gasteiger partial charge in [-0.25, -0.2) is 0 Å². The van der Waals surface area contributed by atoms with E-state index >= 15 is 0 Å². The molecule has 22 heavy (non-hydrogen) atoms. The highest BCUT2D eigenvalue weighted by atomic mass is 16.5. The molecule has 116 valence electrons. The van der Waals surface area contributed by atoms with E-state index in [0.717, 1.165) is 44.3 Å². The van der Waals surface area contributed by atoms with Gasteiger partial charge in [-0.1, -0.05) is 6.07 Å². The quantitative estimate of drug-likeness (QED) is 0.827. The van der Waals surface area contributed by atoms with Gasteiger partial charge < -0.3 is 9.64 Å². The molecule has 1 aliphatic heterocycles. The molecule has 6 nitrogen and oxygen atoms in total. The standard InChI is InChI=1S/C16H21N5O/c1-20(16-6-4-8-18-19-16)12-15-13-21(9-10-22-15)11-14-5-2-3-7-17-14/h2-8,15H,9-13H2,1H3/t15-/m1/s1. The fourth-order valence-electron chi connectivity index (χ4n) is 2.65. The summed E-state index contributed by atoms with van der Waals surface area (Å²) in [6.07, 6.45) is 3.70. The van der Waals surface area contributed by atoms with Crippen LogP contribution in [0.2, 0.25) is 0 Å². The van der Waals surface area contributed by atoms with Crippen LogP contribution in [-0.2, 0) is 11.3 Å². The topological polar surface area (TPSA) is 54.4 Å². The van der Waals surface area contributed by atoms with Crippen LogP contribution in [0.25, 0.3) is 0 Å². The first kappa shape index (κ1) is 14.9. The molecule has 1 atom stereocenters. The molecule has 1 saturated heterocycles. The number of pyridine rings is 1. The molecule has 0 unspecified atom stereocenters. The summed E-state index contributed by atoms with van der Waals surface area (Å²) in [4.78, 5) is 8.87. The van der Waals surface area contributed by atoms with Crippen LogP contribution in [0.15, 0.2) is 42.7 Å². The average Bonchev–Trinajstić information content (AvgIpc) is 2.57. The zero-order valence-corrected chi connectivity index (χ0v) is 12.8. The van der Waals surface area contributed by atoms with E-state index in [4.69, 9.17) is 4.74 Å². The van der Waals surface area contributed by atoms with Gasteiger partial charge in [0.1, 0.15) is 0 Å². The molecule has 3 rings (SSSR count). The highest BCUT2D eigenvalue weighted by Gasteiger charge is 2.22. The minimum Gasteiger partial charge on any atom is -0.374 e. The monoisotopic (exact) mass is 299 g/mol. The van der Waals surface area contributed by atoms with Gasteiger partial charge in [0, 0.05) is 45.6 Å². The van der Waals surface area contributed by atoms with Gasteiger partial charge in [-0.05, 0) is 24.3 Å². The van der Waals surface area contributed by atoms with Gasteiger partial charge >= 0.3 is 0 Å². The Morgan fingerprint density at radius 2 is 2.23 bits per heavy atom. The van der Waals surface area contributed by atoms with E-state index in [1.165, 1.54) is 0 Å². The Bertz CT molecular complexity index is 565. The van der Waals surface area contributed by atoms with Crippen LogP contribution in [0.3, 0.4) is 0 Å². The normalized spacial score (nSPS) is 19.0. The molecule has 0 aliphatic carbocycles. The Labute approximate surface area is 130 Å². The van der Waals surface area contributed by atoms with Crippen LogP contribution in [0.1, 0.15) is 5.69 Å². The van der Waals surface area contributed by atoms with Crippen LogP contribution in [0.5, 0.6) is 0 Å².